The van der Waals surface area contributed by atoms with Crippen molar-refractivity contribution in [1.29, 1.82) is 0 Å². The second-order valence-electron chi connectivity index (χ2n) is 6.18. The van der Waals surface area contributed by atoms with Crippen LogP contribution in [0.25, 0.3) is 0 Å². The Balaban J connectivity index is 1.70. The summed E-state index contributed by atoms with van der Waals surface area (Å²) in [6.45, 7) is 8.17. The third kappa shape index (κ3) is 6.73. The molecule has 0 unspecified atom stereocenters. The maximum Gasteiger partial charge on any atom is 0.191 e. The molecule has 134 valence electrons. The van der Waals surface area contributed by atoms with Crippen molar-refractivity contribution in [3.8, 4) is 0 Å². The number of unbranched alkanes of at least 4 members (excludes halogenated alkanes) is 1. The van der Waals surface area contributed by atoms with E-state index in [0.29, 0.717) is 0 Å². The summed E-state index contributed by atoms with van der Waals surface area (Å²) in [5, 5.41) is 6.82. The summed E-state index contributed by atoms with van der Waals surface area (Å²) < 4.78 is 0. The second kappa shape index (κ2) is 11.4. The van der Waals surface area contributed by atoms with Crippen LogP contribution in [0.3, 0.4) is 0 Å². The quantitative estimate of drug-likeness (QED) is 0.409. The molecule has 1 aromatic rings. The van der Waals surface area contributed by atoms with Crippen molar-refractivity contribution in [3.05, 3.63) is 35.4 Å². The van der Waals surface area contributed by atoms with E-state index in [1.54, 1.807) is 0 Å². The Labute approximate surface area is 151 Å². The highest BCUT2D eigenvalue weighted by atomic mass is 32.2. The van der Waals surface area contributed by atoms with E-state index in [4.69, 9.17) is 0 Å². The lowest BCUT2D eigenvalue weighted by Gasteiger charge is -2.28. The molecule has 1 aliphatic heterocycles. The van der Waals surface area contributed by atoms with Gasteiger partial charge in [-0.3, -0.25) is 9.89 Å². The lowest BCUT2D eigenvalue weighted by molar-refractivity contribution is 0.258. The summed E-state index contributed by atoms with van der Waals surface area (Å²) in [6.07, 6.45) is 5.74. The highest BCUT2D eigenvalue weighted by Gasteiger charge is 2.14. The molecule has 2 rings (SSSR count). The van der Waals surface area contributed by atoms with Gasteiger partial charge in [-0.05, 0) is 49.3 Å². The number of hydrogen-bond donors (Lipinski definition) is 2. The van der Waals surface area contributed by atoms with E-state index < -0.39 is 0 Å². The molecule has 0 fully saturated rings. The molecule has 2 N–H and O–H groups in total. The molecule has 0 aromatic heterocycles. The second-order valence-corrected chi connectivity index (χ2v) is 7.17. The summed E-state index contributed by atoms with van der Waals surface area (Å²) in [7, 11) is 0. The van der Waals surface area contributed by atoms with Crippen molar-refractivity contribution < 1.29 is 0 Å². The highest BCUT2D eigenvalue weighted by Crippen LogP contribution is 2.17. The van der Waals surface area contributed by atoms with Gasteiger partial charge >= 0.3 is 0 Å². The van der Waals surface area contributed by atoms with Gasteiger partial charge in [-0.1, -0.05) is 24.3 Å². The van der Waals surface area contributed by atoms with Gasteiger partial charge in [-0.2, -0.15) is 11.8 Å². The molecule has 4 nitrogen and oxygen atoms in total. The number of nitrogens with one attached hydrogen (secondary N) is 2. The average Bonchev–Trinajstić information content (AvgIpc) is 2.61. The molecule has 0 saturated heterocycles. The minimum absolute atomic E-state index is 0.910. The largest absolute Gasteiger partial charge is 0.357 e. The fourth-order valence-corrected chi connectivity index (χ4v) is 3.46. The van der Waals surface area contributed by atoms with Gasteiger partial charge in [0.15, 0.2) is 5.96 Å². The number of rotatable bonds is 9. The van der Waals surface area contributed by atoms with Crippen molar-refractivity contribution in [2.24, 2.45) is 4.99 Å². The minimum Gasteiger partial charge on any atom is -0.357 e. The maximum absolute atomic E-state index is 4.67. The zero-order valence-corrected chi connectivity index (χ0v) is 16.0. The fraction of sp³-hybridized carbons (Fsp3) is 0.632. The molecule has 24 heavy (non-hydrogen) atoms. The number of thioether (sulfide) groups is 1. The van der Waals surface area contributed by atoms with Gasteiger partial charge in [0, 0.05) is 39.3 Å². The van der Waals surface area contributed by atoms with E-state index >= 15 is 0 Å². The van der Waals surface area contributed by atoms with Gasteiger partial charge < -0.3 is 10.6 Å². The summed E-state index contributed by atoms with van der Waals surface area (Å²) >= 11 is 1.91. The first-order valence-electron chi connectivity index (χ1n) is 9.13. The van der Waals surface area contributed by atoms with Crippen LogP contribution < -0.4 is 10.6 Å². The molecule has 1 aliphatic rings. The molecule has 0 saturated carbocycles. The van der Waals surface area contributed by atoms with Crippen LogP contribution >= 0.6 is 11.8 Å². The highest BCUT2D eigenvalue weighted by molar-refractivity contribution is 7.98. The van der Waals surface area contributed by atoms with Gasteiger partial charge in [0.25, 0.3) is 0 Å². The normalized spacial score (nSPS) is 15.2. The number of guanidine groups is 1. The smallest absolute Gasteiger partial charge is 0.191 e. The summed E-state index contributed by atoms with van der Waals surface area (Å²) in [5.41, 5.74) is 3.00. The van der Waals surface area contributed by atoms with Gasteiger partial charge in [0.1, 0.15) is 0 Å². The minimum atomic E-state index is 0.910. The summed E-state index contributed by atoms with van der Waals surface area (Å²) in [4.78, 5) is 7.20. The molecule has 5 heteroatoms. The van der Waals surface area contributed by atoms with Crippen molar-refractivity contribution in [2.75, 3.05) is 44.7 Å². The van der Waals surface area contributed by atoms with Crippen LogP contribution in [0.2, 0.25) is 0 Å². The molecule has 1 heterocycles. The monoisotopic (exact) mass is 348 g/mol. The Bertz CT molecular complexity index is 504. The lowest BCUT2D eigenvalue weighted by atomic mass is 10.00. The molecule has 0 spiro atoms. The lowest BCUT2D eigenvalue weighted by Crippen LogP contribution is -2.42. The molecular weight excluding hydrogens is 316 g/mol. The molecule has 0 aliphatic carbocycles. The Morgan fingerprint density at radius 2 is 2.04 bits per heavy atom. The van der Waals surface area contributed by atoms with Crippen LogP contribution in [0, 0.1) is 0 Å². The van der Waals surface area contributed by atoms with Crippen molar-refractivity contribution >= 4 is 17.7 Å². The van der Waals surface area contributed by atoms with Crippen LogP contribution in [0.15, 0.2) is 29.3 Å². The van der Waals surface area contributed by atoms with Crippen LogP contribution in [0.4, 0.5) is 0 Å². The Hall–Kier alpha value is -1.20. The van der Waals surface area contributed by atoms with E-state index in [-0.39, 0.29) is 0 Å². The van der Waals surface area contributed by atoms with Crippen LogP contribution in [-0.4, -0.2) is 55.6 Å². The molecule has 0 bridgehead atoms. The van der Waals surface area contributed by atoms with Gasteiger partial charge in [-0.15, -0.1) is 0 Å². The average molecular weight is 349 g/mol. The zero-order valence-electron chi connectivity index (χ0n) is 15.2. The number of fused-ring (bicyclic) bond motifs is 1. The Morgan fingerprint density at radius 1 is 1.21 bits per heavy atom. The third-order valence-corrected chi connectivity index (χ3v) is 5.00. The predicted octanol–water partition coefficient (Wildman–Crippen LogP) is 2.74. The van der Waals surface area contributed by atoms with Crippen LogP contribution in [-0.2, 0) is 13.0 Å². The third-order valence-electron chi connectivity index (χ3n) is 4.30. The van der Waals surface area contributed by atoms with Crippen LogP contribution in [0.5, 0.6) is 0 Å². The predicted molar refractivity (Wildman–Crippen MR) is 107 cm³/mol. The molecule has 0 radical (unpaired) electrons. The first-order chi connectivity index (χ1) is 11.8. The van der Waals surface area contributed by atoms with E-state index in [1.165, 1.54) is 36.1 Å². The molecule has 0 atom stereocenters. The Kier molecular flexibility index (Phi) is 9.06. The van der Waals surface area contributed by atoms with Crippen molar-refractivity contribution in [2.45, 2.75) is 32.7 Å². The van der Waals surface area contributed by atoms with E-state index in [2.05, 4.69) is 58.0 Å². The maximum atomic E-state index is 4.67. The van der Waals surface area contributed by atoms with Crippen molar-refractivity contribution in [1.82, 2.24) is 15.5 Å². The SMILES string of the molecule is CCNC(=NCCCCSC)NCCN1CCc2ccccc2C1. The van der Waals surface area contributed by atoms with Gasteiger partial charge in [0.05, 0.1) is 0 Å². The van der Waals surface area contributed by atoms with E-state index in [1.807, 2.05) is 11.8 Å². The van der Waals surface area contributed by atoms with E-state index in [9.17, 15) is 0 Å². The fourth-order valence-electron chi connectivity index (χ4n) is 2.97. The number of benzene rings is 1. The van der Waals surface area contributed by atoms with Gasteiger partial charge in [-0.25, -0.2) is 0 Å². The van der Waals surface area contributed by atoms with Gasteiger partial charge in [0.2, 0.25) is 0 Å². The summed E-state index contributed by atoms with van der Waals surface area (Å²) in [6, 6.07) is 8.81. The first kappa shape index (κ1) is 19.1. The molecular formula is C19H32N4S. The number of nitrogens with zero attached hydrogens (tertiary/aromatic N) is 2. The van der Waals surface area contributed by atoms with E-state index in [0.717, 1.165) is 45.2 Å². The van der Waals surface area contributed by atoms with Crippen molar-refractivity contribution in [3.63, 3.8) is 0 Å². The topological polar surface area (TPSA) is 39.7 Å². The molecule has 0 amide bonds. The first-order valence-corrected chi connectivity index (χ1v) is 10.5. The molecule has 1 aromatic carbocycles. The number of hydrogen-bond acceptors (Lipinski definition) is 3. The standard InChI is InChI=1S/C19H32N4S/c1-3-20-19(21-11-6-7-15-24-2)22-12-14-23-13-10-17-8-4-5-9-18(17)16-23/h4-5,8-9H,3,6-7,10-16H2,1-2H3,(H2,20,21,22). The summed E-state index contributed by atoms with van der Waals surface area (Å²) in [5.74, 6) is 2.19. The number of aliphatic imine (C=N–C) groups is 1. The van der Waals surface area contributed by atoms with Crippen LogP contribution in [0.1, 0.15) is 30.9 Å². The Morgan fingerprint density at radius 3 is 2.83 bits per heavy atom. The zero-order chi connectivity index (χ0) is 17.0.